The van der Waals surface area contributed by atoms with Crippen LogP contribution in [0.3, 0.4) is 0 Å². The van der Waals surface area contributed by atoms with Crippen molar-refractivity contribution in [1.82, 2.24) is 0 Å². The van der Waals surface area contributed by atoms with Crippen LogP contribution in [0, 0.1) is 5.92 Å². The van der Waals surface area contributed by atoms with Crippen molar-refractivity contribution in [1.29, 1.82) is 0 Å². The number of nitrogens with one attached hydrogen (secondary N) is 1. The first-order valence-electron chi connectivity index (χ1n) is 8.60. The molecule has 0 amide bonds. The van der Waals surface area contributed by atoms with Crippen molar-refractivity contribution < 1.29 is 4.74 Å². The van der Waals surface area contributed by atoms with Crippen LogP contribution in [0.15, 0.2) is 47.9 Å². The van der Waals surface area contributed by atoms with E-state index in [1.807, 2.05) is 11.3 Å². The van der Waals surface area contributed by atoms with Gasteiger partial charge in [0.25, 0.3) is 0 Å². The number of fused-ring (bicyclic) bond motifs is 3. The Labute approximate surface area is 142 Å². The van der Waals surface area contributed by atoms with Crippen LogP contribution in [0.5, 0.6) is 5.75 Å². The molecule has 1 aromatic heterocycles. The van der Waals surface area contributed by atoms with Crippen molar-refractivity contribution in [3.05, 3.63) is 58.3 Å². The van der Waals surface area contributed by atoms with Crippen LogP contribution in [-0.4, -0.2) is 6.61 Å². The number of anilines is 1. The maximum atomic E-state index is 6.08. The molecule has 23 heavy (non-hydrogen) atoms. The minimum atomic E-state index is 0.387. The van der Waals surface area contributed by atoms with Gasteiger partial charge >= 0.3 is 0 Å². The highest BCUT2D eigenvalue weighted by Gasteiger charge is 2.39. The van der Waals surface area contributed by atoms with Crippen LogP contribution in [0.1, 0.15) is 48.6 Å². The zero-order valence-electron chi connectivity index (χ0n) is 13.5. The smallest absolute Gasteiger partial charge is 0.142 e. The molecule has 2 heterocycles. The van der Waals surface area contributed by atoms with Crippen molar-refractivity contribution in [2.45, 2.75) is 38.1 Å². The number of ether oxygens (including phenoxy) is 1. The minimum Gasteiger partial charge on any atom is -0.491 e. The lowest BCUT2D eigenvalue weighted by molar-refractivity contribution is 0.308. The summed E-state index contributed by atoms with van der Waals surface area (Å²) in [5.41, 5.74) is 2.60. The van der Waals surface area contributed by atoms with E-state index in [1.165, 1.54) is 16.1 Å². The third-order valence-electron chi connectivity index (χ3n) is 4.96. The fourth-order valence-corrected chi connectivity index (χ4v) is 4.64. The molecule has 1 aliphatic heterocycles. The fraction of sp³-hybridized carbons (Fsp3) is 0.400. The summed E-state index contributed by atoms with van der Waals surface area (Å²) in [6, 6.07) is 11.3. The van der Waals surface area contributed by atoms with Crippen molar-refractivity contribution in [2.24, 2.45) is 5.92 Å². The second-order valence-corrected chi connectivity index (χ2v) is 7.39. The topological polar surface area (TPSA) is 21.3 Å². The van der Waals surface area contributed by atoms with E-state index < -0.39 is 0 Å². The Hall–Kier alpha value is -1.74. The Kier molecular flexibility index (Phi) is 4.13. The Morgan fingerprint density at radius 2 is 2.22 bits per heavy atom. The molecule has 0 fully saturated rings. The second kappa shape index (κ2) is 6.40. The molecule has 2 nitrogen and oxygen atoms in total. The Balaban J connectivity index is 1.70. The van der Waals surface area contributed by atoms with Gasteiger partial charge in [0.1, 0.15) is 5.75 Å². The van der Waals surface area contributed by atoms with Crippen molar-refractivity contribution in [3.63, 3.8) is 0 Å². The largest absolute Gasteiger partial charge is 0.491 e. The average Bonchev–Trinajstić information content (AvgIpc) is 3.26. The Morgan fingerprint density at radius 3 is 3.04 bits per heavy atom. The SMILES string of the molecule is CCCCOc1cccc2c1NC(c1cccs1)C1CC=CC21. The quantitative estimate of drug-likeness (QED) is 0.558. The first-order chi connectivity index (χ1) is 11.4. The first-order valence-corrected chi connectivity index (χ1v) is 9.48. The number of unbranched alkanes of at least 4 members (excludes halogenated alkanes) is 1. The summed E-state index contributed by atoms with van der Waals surface area (Å²) in [6.45, 7) is 2.99. The maximum Gasteiger partial charge on any atom is 0.142 e. The summed E-state index contributed by atoms with van der Waals surface area (Å²) in [5.74, 6) is 2.14. The highest BCUT2D eigenvalue weighted by atomic mass is 32.1. The lowest BCUT2D eigenvalue weighted by Crippen LogP contribution is -2.28. The van der Waals surface area contributed by atoms with Crippen LogP contribution in [-0.2, 0) is 0 Å². The summed E-state index contributed by atoms with van der Waals surface area (Å²) >= 11 is 1.85. The first kappa shape index (κ1) is 14.8. The zero-order chi connectivity index (χ0) is 15.6. The van der Waals surface area contributed by atoms with E-state index in [1.54, 1.807) is 0 Å². The standard InChI is InChI=1S/C20H23NOS/c1-2-3-12-22-17-10-5-9-15-14-7-4-8-16(14)20(21-19(15)17)18-11-6-13-23-18/h4-7,9-11,13-14,16,20-21H,2-3,8,12H2,1H3. The Bertz CT molecular complexity index is 692. The zero-order valence-corrected chi connectivity index (χ0v) is 14.3. The van der Waals surface area contributed by atoms with Gasteiger partial charge in [-0.3, -0.25) is 0 Å². The molecule has 3 unspecified atom stereocenters. The summed E-state index contributed by atoms with van der Waals surface area (Å²) in [7, 11) is 0. The van der Waals surface area contributed by atoms with Crippen LogP contribution >= 0.6 is 11.3 Å². The fourth-order valence-electron chi connectivity index (χ4n) is 3.79. The monoisotopic (exact) mass is 325 g/mol. The lowest BCUT2D eigenvalue weighted by atomic mass is 9.79. The number of hydrogen-bond acceptors (Lipinski definition) is 3. The molecule has 3 atom stereocenters. The number of hydrogen-bond donors (Lipinski definition) is 1. The molecule has 1 aromatic carbocycles. The van der Waals surface area contributed by atoms with Crippen molar-refractivity contribution in [3.8, 4) is 5.75 Å². The van der Waals surface area contributed by atoms with Gasteiger partial charge in [0.15, 0.2) is 0 Å². The molecular formula is C20H23NOS. The third-order valence-corrected chi connectivity index (χ3v) is 5.92. The van der Waals surface area contributed by atoms with Gasteiger partial charge in [-0.05, 0) is 41.8 Å². The average molecular weight is 325 g/mol. The molecule has 0 saturated heterocycles. The Morgan fingerprint density at radius 1 is 1.26 bits per heavy atom. The van der Waals surface area contributed by atoms with Crippen molar-refractivity contribution >= 4 is 17.0 Å². The van der Waals surface area contributed by atoms with Gasteiger partial charge in [-0.2, -0.15) is 0 Å². The van der Waals surface area contributed by atoms with E-state index in [-0.39, 0.29) is 0 Å². The molecule has 120 valence electrons. The molecule has 2 aromatic rings. The summed E-state index contributed by atoms with van der Waals surface area (Å²) in [5, 5.41) is 5.99. The molecule has 0 spiro atoms. The molecule has 1 N–H and O–H groups in total. The summed E-state index contributed by atoms with van der Waals surface area (Å²) in [6.07, 6.45) is 8.15. The van der Waals surface area contributed by atoms with E-state index in [0.717, 1.165) is 31.6 Å². The van der Waals surface area contributed by atoms with Gasteiger partial charge in [-0.15, -0.1) is 11.3 Å². The molecule has 3 heteroatoms. The van der Waals surface area contributed by atoms with E-state index in [2.05, 4.69) is 60.1 Å². The molecule has 4 rings (SSSR count). The number of para-hydroxylation sites is 1. The maximum absolute atomic E-state index is 6.08. The van der Waals surface area contributed by atoms with Gasteiger partial charge in [0.2, 0.25) is 0 Å². The van der Waals surface area contributed by atoms with E-state index in [9.17, 15) is 0 Å². The lowest BCUT2D eigenvalue weighted by Gasteiger charge is -2.37. The van der Waals surface area contributed by atoms with E-state index in [4.69, 9.17) is 4.74 Å². The summed E-state index contributed by atoms with van der Waals surface area (Å²) in [4.78, 5) is 1.43. The van der Waals surface area contributed by atoms with Crippen LogP contribution in [0.25, 0.3) is 0 Å². The predicted molar refractivity (Wildman–Crippen MR) is 97.5 cm³/mol. The number of benzene rings is 1. The van der Waals surface area contributed by atoms with Crippen molar-refractivity contribution in [2.75, 3.05) is 11.9 Å². The molecule has 0 radical (unpaired) electrons. The molecule has 2 aliphatic rings. The predicted octanol–water partition coefficient (Wildman–Crippen LogP) is 5.75. The van der Waals surface area contributed by atoms with Gasteiger partial charge in [0.05, 0.1) is 18.3 Å². The van der Waals surface area contributed by atoms with Crippen LogP contribution in [0.4, 0.5) is 5.69 Å². The van der Waals surface area contributed by atoms with E-state index in [0.29, 0.717) is 17.9 Å². The van der Waals surface area contributed by atoms with E-state index >= 15 is 0 Å². The van der Waals surface area contributed by atoms with Crippen LogP contribution < -0.4 is 10.1 Å². The highest BCUT2D eigenvalue weighted by molar-refractivity contribution is 7.10. The third kappa shape index (κ3) is 2.67. The molecule has 1 aliphatic carbocycles. The number of rotatable bonds is 5. The second-order valence-electron chi connectivity index (χ2n) is 6.41. The minimum absolute atomic E-state index is 0.387. The normalized spacial score (nSPS) is 24.8. The molecule has 0 saturated carbocycles. The van der Waals surface area contributed by atoms with Gasteiger partial charge in [0, 0.05) is 10.8 Å². The van der Waals surface area contributed by atoms with Gasteiger partial charge < -0.3 is 10.1 Å². The van der Waals surface area contributed by atoms with Gasteiger partial charge in [-0.1, -0.05) is 43.7 Å². The molecular weight excluding hydrogens is 302 g/mol. The number of thiophene rings is 1. The highest BCUT2D eigenvalue weighted by Crippen LogP contribution is 2.52. The number of allylic oxidation sites excluding steroid dienone is 2. The molecule has 0 bridgehead atoms. The van der Waals surface area contributed by atoms with Gasteiger partial charge in [-0.25, -0.2) is 0 Å². The van der Waals surface area contributed by atoms with Crippen LogP contribution in [0.2, 0.25) is 0 Å². The summed E-state index contributed by atoms with van der Waals surface area (Å²) < 4.78 is 6.08.